The molecule has 1 aliphatic heterocycles. The molecule has 1 heterocycles. The molecular weight excluding hydrogens is 827 g/mol. The number of aliphatic hydroxyl groups excluding tert-OH is 2. The van der Waals surface area contributed by atoms with Gasteiger partial charge in [0, 0.05) is 25.2 Å². The maximum atomic E-state index is 15.1. The third-order valence-electron chi connectivity index (χ3n) is 13.8. The summed E-state index contributed by atoms with van der Waals surface area (Å²) >= 11 is 0. The Labute approximate surface area is 371 Å². The monoisotopic (exact) mass is 881 g/mol. The molecular formula is C49H55NO14. The number of fused-ring (bicyclic) bond motifs is 5. The third kappa shape index (κ3) is 8.55. The standard InChI is InChI=1S/C49H55NO14/c1-27(31-18-12-8-13-19-31)40(62-37(53)24-50-46(58)59-25-30-16-10-7-11-17-30)45(57)61-34-22-33-41(63-44(56)32-20-14-9-15-21-32)42-48(6,43(55)39(54)38(28(34)2)47(33,4)5)35(52)23-36-49(42,26-60-36)64-29(3)51/h7-21,27,33-36,39-42,52,54H,22-26H2,1-6H3,(H,50,58)/t27-,33+,34-,35-,36+,39+,40+,41?,42-,48+,49-/m0/s1. The normalized spacial score (nSPS) is 30.0. The van der Waals surface area contributed by atoms with Crippen LogP contribution in [0, 0.1) is 22.7 Å². The van der Waals surface area contributed by atoms with Gasteiger partial charge < -0.3 is 44.0 Å². The van der Waals surface area contributed by atoms with Gasteiger partial charge in [-0.3, -0.25) is 14.4 Å². The maximum absolute atomic E-state index is 15.1. The Kier molecular flexibility index (Phi) is 13.2. The highest BCUT2D eigenvalue weighted by Crippen LogP contribution is 2.63. The summed E-state index contributed by atoms with van der Waals surface area (Å²) in [6, 6.07) is 26.0. The van der Waals surface area contributed by atoms with Crippen molar-refractivity contribution in [2.75, 3.05) is 13.2 Å². The topological polar surface area (TPSA) is 210 Å². The lowest BCUT2D eigenvalue weighted by Gasteiger charge is -2.65. The van der Waals surface area contributed by atoms with Crippen LogP contribution in [0.2, 0.25) is 0 Å². The Bertz CT molecular complexity index is 2280. The van der Waals surface area contributed by atoms with E-state index in [1.54, 1.807) is 113 Å². The number of alkyl carbamates (subject to hydrolysis) is 1. The zero-order valence-corrected chi connectivity index (χ0v) is 36.7. The minimum atomic E-state index is -1.84. The van der Waals surface area contributed by atoms with Gasteiger partial charge in [-0.2, -0.15) is 0 Å². The zero-order valence-electron chi connectivity index (χ0n) is 36.7. The molecule has 1 amide bonds. The van der Waals surface area contributed by atoms with E-state index >= 15 is 4.79 Å². The van der Waals surface area contributed by atoms with Gasteiger partial charge in [-0.15, -0.1) is 0 Å². The van der Waals surface area contributed by atoms with Crippen molar-refractivity contribution < 1.29 is 67.4 Å². The Morgan fingerprint density at radius 3 is 2.11 bits per heavy atom. The van der Waals surface area contributed by atoms with E-state index in [0.29, 0.717) is 11.1 Å². The molecule has 7 rings (SSSR count). The molecule has 3 aromatic rings. The molecule has 0 radical (unpaired) electrons. The Morgan fingerprint density at radius 1 is 0.875 bits per heavy atom. The minimum absolute atomic E-state index is 0.0397. The predicted octanol–water partition coefficient (Wildman–Crippen LogP) is 5.16. The van der Waals surface area contributed by atoms with Gasteiger partial charge in [0.2, 0.25) is 6.10 Å². The smallest absolute Gasteiger partial charge is 0.407 e. The molecule has 1 saturated heterocycles. The van der Waals surface area contributed by atoms with E-state index in [4.69, 9.17) is 28.4 Å². The van der Waals surface area contributed by atoms with E-state index in [9.17, 15) is 34.2 Å². The van der Waals surface area contributed by atoms with Crippen molar-refractivity contribution in [1.82, 2.24) is 5.32 Å². The number of aliphatic hydroxyl groups is 2. The second-order valence-corrected chi connectivity index (χ2v) is 18.0. The van der Waals surface area contributed by atoms with Crippen LogP contribution in [0.25, 0.3) is 0 Å². The van der Waals surface area contributed by atoms with E-state index in [1.807, 2.05) is 6.07 Å². The van der Waals surface area contributed by atoms with Crippen molar-refractivity contribution in [3.63, 3.8) is 0 Å². The van der Waals surface area contributed by atoms with Gasteiger partial charge in [0.1, 0.15) is 37.6 Å². The number of hydrogen-bond acceptors (Lipinski definition) is 14. The number of amides is 1. The first-order chi connectivity index (χ1) is 30.4. The molecule has 0 aromatic heterocycles. The number of nitrogens with one attached hydrogen (secondary N) is 1. The van der Waals surface area contributed by atoms with E-state index in [0.717, 1.165) is 5.56 Å². The van der Waals surface area contributed by atoms with Crippen LogP contribution in [-0.2, 0) is 54.2 Å². The number of carbonyl (C=O) groups is 6. The number of benzene rings is 3. The molecule has 11 atom stereocenters. The number of hydrogen-bond donors (Lipinski definition) is 3. The van der Waals surface area contributed by atoms with E-state index < -0.39 is 113 Å². The predicted molar refractivity (Wildman–Crippen MR) is 227 cm³/mol. The minimum Gasteiger partial charge on any atom is -0.458 e. The van der Waals surface area contributed by atoms with Crippen LogP contribution in [-0.4, -0.2) is 101 Å². The van der Waals surface area contributed by atoms with E-state index in [1.165, 1.54) is 13.8 Å². The molecule has 2 saturated carbocycles. The summed E-state index contributed by atoms with van der Waals surface area (Å²) in [6.45, 7) is 8.77. The number of ether oxygens (including phenoxy) is 6. The molecule has 15 heteroatoms. The van der Waals surface area contributed by atoms with Crippen LogP contribution >= 0.6 is 0 Å². The van der Waals surface area contributed by atoms with Crippen molar-refractivity contribution in [2.45, 2.75) is 109 Å². The summed E-state index contributed by atoms with van der Waals surface area (Å²) in [6.07, 6.45) is -9.19. The fraction of sp³-hybridized carbons (Fsp3) is 0.469. The molecule has 3 aromatic carbocycles. The molecule has 4 aliphatic rings. The molecule has 2 bridgehead atoms. The Morgan fingerprint density at radius 2 is 1.50 bits per heavy atom. The summed E-state index contributed by atoms with van der Waals surface area (Å²) in [5.41, 5.74) is -2.43. The average molecular weight is 882 g/mol. The van der Waals surface area contributed by atoms with Crippen molar-refractivity contribution >= 4 is 35.8 Å². The fourth-order valence-corrected chi connectivity index (χ4v) is 10.4. The molecule has 3 aliphatic carbocycles. The molecule has 3 N–H and O–H groups in total. The number of carbonyl (C=O) groups excluding carboxylic acids is 6. The Hall–Kier alpha value is -5.90. The van der Waals surface area contributed by atoms with E-state index in [-0.39, 0.29) is 37.2 Å². The van der Waals surface area contributed by atoms with Crippen molar-refractivity contribution in [3.8, 4) is 0 Å². The summed E-state index contributed by atoms with van der Waals surface area (Å²) in [5.74, 6) is -7.03. The highest BCUT2D eigenvalue weighted by molar-refractivity contribution is 5.94. The lowest BCUT2D eigenvalue weighted by molar-refractivity contribution is -0.335. The van der Waals surface area contributed by atoms with E-state index in [2.05, 4.69) is 5.32 Å². The number of ketones is 1. The average Bonchev–Trinajstić information content (AvgIpc) is 3.27. The van der Waals surface area contributed by atoms with Crippen LogP contribution in [0.4, 0.5) is 4.79 Å². The van der Waals surface area contributed by atoms with Gasteiger partial charge in [0.15, 0.2) is 11.4 Å². The van der Waals surface area contributed by atoms with Crippen LogP contribution in [0.3, 0.4) is 0 Å². The van der Waals surface area contributed by atoms with Gasteiger partial charge in [-0.1, -0.05) is 99.6 Å². The second kappa shape index (κ2) is 18.3. The summed E-state index contributed by atoms with van der Waals surface area (Å²) in [5, 5.41) is 26.6. The molecule has 3 fully saturated rings. The molecule has 340 valence electrons. The van der Waals surface area contributed by atoms with Crippen molar-refractivity contribution in [2.24, 2.45) is 22.7 Å². The van der Waals surface area contributed by atoms with Crippen LogP contribution in [0.15, 0.2) is 102 Å². The van der Waals surface area contributed by atoms with Crippen molar-refractivity contribution in [1.29, 1.82) is 0 Å². The number of rotatable bonds is 12. The lowest BCUT2D eigenvalue weighted by Crippen LogP contribution is -2.79. The summed E-state index contributed by atoms with van der Waals surface area (Å²) < 4.78 is 35.8. The number of Topliss-reactive ketones (excluding diaryl/α,β-unsaturated/α-hetero) is 1. The first-order valence-electron chi connectivity index (χ1n) is 21.5. The maximum Gasteiger partial charge on any atom is 0.407 e. The zero-order chi connectivity index (χ0) is 46.1. The summed E-state index contributed by atoms with van der Waals surface area (Å²) in [4.78, 5) is 82.6. The van der Waals surface area contributed by atoms with Gasteiger partial charge >= 0.3 is 30.0 Å². The van der Waals surface area contributed by atoms with Gasteiger partial charge in [-0.25, -0.2) is 14.4 Å². The van der Waals surface area contributed by atoms with Gasteiger partial charge in [0.25, 0.3) is 0 Å². The summed E-state index contributed by atoms with van der Waals surface area (Å²) in [7, 11) is 0. The van der Waals surface area contributed by atoms with Gasteiger partial charge in [0.05, 0.1) is 29.6 Å². The van der Waals surface area contributed by atoms with Crippen LogP contribution < -0.4 is 5.32 Å². The van der Waals surface area contributed by atoms with Crippen molar-refractivity contribution in [3.05, 3.63) is 119 Å². The van der Waals surface area contributed by atoms with Crippen LogP contribution in [0.1, 0.15) is 81.8 Å². The highest BCUT2D eigenvalue weighted by atomic mass is 16.6. The lowest BCUT2D eigenvalue weighted by atomic mass is 9.46. The molecule has 64 heavy (non-hydrogen) atoms. The Balaban J connectivity index is 1.24. The number of esters is 4. The first-order valence-corrected chi connectivity index (χ1v) is 21.5. The SMILES string of the molecule is CC(=O)O[C@@]12CO[C@@H]1C[C@H](O)[C@@]1(C)C(=O)[C@H](O)C3=C(C)[C@@H](OC(=O)[C@H](OC(=O)CNC(=O)OCc4ccccc4)[C@@H](C)c4ccccc4)C[C@H](C(OC(=O)c4ccccc4)[C@H]21)C3(C)C. The third-order valence-corrected chi connectivity index (χ3v) is 13.8. The van der Waals surface area contributed by atoms with Gasteiger partial charge in [-0.05, 0) is 60.1 Å². The first kappa shape index (κ1) is 46.1. The fourth-order valence-electron chi connectivity index (χ4n) is 10.4. The van der Waals surface area contributed by atoms with Crippen LogP contribution in [0.5, 0.6) is 0 Å². The molecule has 1 unspecified atom stereocenters. The second-order valence-electron chi connectivity index (χ2n) is 18.0. The molecule has 15 nitrogen and oxygen atoms in total. The highest BCUT2D eigenvalue weighted by Gasteiger charge is 2.75. The largest absolute Gasteiger partial charge is 0.458 e. The quantitative estimate of drug-likeness (QED) is 0.122. The molecule has 0 spiro atoms.